The lowest BCUT2D eigenvalue weighted by Gasteiger charge is -2.27. The quantitative estimate of drug-likeness (QED) is 0.577. The number of hydrogen-bond acceptors (Lipinski definition) is 3. The van der Waals surface area contributed by atoms with Crippen LogP contribution in [0.25, 0.3) is 11.1 Å². The third-order valence-corrected chi connectivity index (χ3v) is 4.90. The molecule has 4 nitrogen and oxygen atoms in total. The zero-order valence-corrected chi connectivity index (χ0v) is 15.8. The maximum atomic E-state index is 14.3. The zero-order valence-electron chi connectivity index (χ0n) is 15.8. The first-order valence-electron chi connectivity index (χ1n) is 9.14. The highest BCUT2D eigenvalue weighted by Crippen LogP contribution is 2.44. The number of rotatable bonds is 3. The first-order chi connectivity index (χ1) is 14.3. The molecule has 0 fully saturated rings. The Morgan fingerprint density at radius 2 is 1.87 bits per heavy atom. The van der Waals surface area contributed by atoms with E-state index in [2.05, 4.69) is 10.3 Å². The minimum absolute atomic E-state index is 0.0443. The lowest BCUT2D eigenvalue weighted by atomic mass is 9.93. The summed E-state index contributed by atoms with van der Waals surface area (Å²) in [5, 5.41) is 2.33. The summed E-state index contributed by atoms with van der Waals surface area (Å²) in [6.07, 6.45) is 1.00. The van der Waals surface area contributed by atoms with Crippen molar-refractivity contribution in [1.29, 1.82) is 0 Å². The van der Waals surface area contributed by atoms with Crippen molar-refractivity contribution in [1.82, 2.24) is 4.98 Å². The number of pyridine rings is 1. The van der Waals surface area contributed by atoms with Crippen LogP contribution in [0, 0.1) is 18.6 Å². The van der Waals surface area contributed by atoms with Gasteiger partial charge in [0, 0.05) is 11.8 Å². The van der Waals surface area contributed by atoms with E-state index in [0.29, 0.717) is 11.1 Å². The van der Waals surface area contributed by atoms with Crippen molar-refractivity contribution < 1.29 is 27.1 Å². The zero-order chi connectivity index (χ0) is 21.5. The Labute approximate surface area is 169 Å². The summed E-state index contributed by atoms with van der Waals surface area (Å²) in [7, 11) is 0. The van der Waals surface area contributed by atoms with Gasteiger partial charge in [0.15, 0.2) is 0 Å². The summed E-state index contributed by atoms with van der Waals surface area (Å²) in [5.41, 5.74) is 0.924. The number of aromatic nitrogens is 1. The second kappa shape index (κ2) is 7.44. The van der Waals surface area contributed by atoms with Gasteiger partial charge in [0.2, 0.25) is 0 Å². The number of benzene rings is 2. The highest BCUT2D eigenvalue weighted by molar-refractivity contribution is 6.04. The van der Waals surface area contributed by atoms with Crippen molar-refractivity contribution in [3.63, 3.8) is 0 Å². The molecule has 4 rings (SSSR count). The maximum Gasteiger partial charge on any atom is 0.280 e. The Hall–Kier alpha value is -3.42. The van der Waals surface area contributed by atoms with Crippen molar-refractivity contribution >= 4 is 11.7 Å². The molecule has 1 amide bonds. The van der Waals surface area contributed by atoms with Crippen LogP contribution in [-0.2, 0) is 5.92 Å². The number of ether oxygens (including phenoxy) is 1. The number of anilines is 1. The number of aryl methyl sites for hydroxylation is 1. The van der Waals surface area contributed by atoms with Crippen LogP contribution < -0.4 is 10.1 Å². The Kier molecular flexibility index (Phi) is 4.93. The van der Waals surface area contributed by atoms with Gasteiger partial charge in [-0.1, -0.05) is 6.07 Å². The highest BCUT2D eigenvalue weighted by atomic mass is 19.3. The summed E-state index contributed by atoms with van der Waals surface area (Å²) >= 11 is 0. The van der Waals surface area contributed by atoms with Gasteiger partial charge in [0.05, 0.1) is 18.6 Å². The standard InChI is InChI=1S/C22H16F4N2O2/c1-12-9-18-15(22(25,26)7-8-30-18)10-14(12)13-5-6-19(27-11-13)28-21(29)20-16(23)3-2-4-17(20)24/h2-6,9-11H,7-8H2,1H3,(H,27,28,29). The van der Waals surface area contributed by atoms with E-state index in [0.717, 1.165) is 23.8 Å². The van der Waals surface area contributed by atoms with Crippen LogP contribution in [0.4, 0.5) is 23.4 Å². The molecule has 1 aliphatic heterocycles. The molecule has 0 unspecified atom stereocenters. The molecule has 0 saturated carbocycles. The molecule has 8 heteroatoms. The molecular weight excluding hydrogens is 400 g/mol. The topological polar surface area (TPSA) is 51.2 Å². The van der Waals surface area contributed by atoms with Crippen LogP contribution in [0.3, 0.4) is 0 Å². The van der Waals surface area contributed by atoms with Crippen LogP contribution >= 0.6 is 0 Å². The van der Waals surface area contributed by atoms with Crippen molar-refractivity contribution in [2.24, 2.45) is 0 Å². The van der Waals surface area contributed by atoms with E-state index in [1.165, 1.54) is 18.3 Å². The smallest absolute Gasteiger partial charge is 0.280 e. The normalized spacial score (nSPS) is 14.6. The molecule has 1 aromatic heterocycles. The molecule has 0 radical (unpaired) electrons. The molecule has 1 N–H and O–H groups in total. The number of nitrogens with one attached hydrogen (secondary N) is 1. The number of hydrogen-bond donors (Lipinski definition) is 1. The van der Waals surface area contributed by atoms with Crippen LogP contribution in [0.5, 0.6) is 5.75 Å². The predicted molar refractivity (Wildman–Crippen MR) is 103 cm³/mol. The van der Waals surface area contributed by atoms with E-state index >= 15 is 0 Å². The van der Waals surface area contributed by atoms with E-state index < -0.39 is 35.4 Å². The Morgan fingerprint density at radius 3 is 2.53 bits per heavy atom. The Balaban J connectivity index is 1.61. The molecule has 154 valence electrons. The minimum Gasteiger partial charge on any atom is -0.493 e. The number of amides is 1. The van der Waals surface area contributed by atoms with Gasteiger partial charge in [0.25, 0.3) is 11.8 Å². The van der Waals surface area contributed by atoms with E-state index in [4.69, 9.17) is 4.74 Å². The lowest BCUT2D eigenvalue weighted by molar-refractivity contribution is -0.0404. The van der Waals surface area contributed by atoms with Crippen LogP contribution in [-0.4, -0.2) is 17.5 Å². The number of nitrogens with zero attached hydrogens (tertiary/aromatic N) is 1. The van der Waals surface area contributed by atoms with Crippen molar-refractivity contribution in [2.75, 3.05) is 11.9 Å². The minimum atomic E-state index is -2.98. The fraction of sp³-hybridized carbons (Fsp3) is 0.182. The van der Waals surface area contributed by atoms with Crippen molar-refractivity contribution in [3.8, 4) is 16.9 Å². The van der Waals surface area contributed by atoms with Gasteiger partial charge in [0.1, 0.15) is 28.8 Å². The molecular formula is C22H16F4N2O2. The maximum absolute atomic E-state index is 14.3. The molecule has 3 aromatic rings. The van der Waals surface area contributed by atoms with Crippen LogP contribution in [0.2, 0.25) is 0 Å². The molecule has 30 heavy (non-hydrogen) atoms. The van der Waals surface area contributed by atoms with Gasteiger partial charge in [-0.15, -0.1) is 0 Å². The molecule has 0 spiro atoms. The molecule has 2 aromatic carbocycles. The Bertz CT molecular complexity index is 1110. The molecule has 0 aliphatic carbocycles. The summed E-state index contributed by atoms with van der Waals surface area (Å²) in [6.45, 7) is 1.72. The second-order valence-corrected chi connectivity index (χ2v) is 6.95. The number of fused-ring (bicyclic) bond motifs is 1. The fourth-order valence-corrected chi connectivity index (χ4v) is 3.34. The van der Waals surface area contributed by atoms with Gasteiger partial charge in [-0.25, -0.2) is 22.5 Å². The highest BCUT2D eigenvalue weighted by Gasteiger charge is 2.38. The van der Waals surface area contributed by atoms with E-state index in [1.54, 1.807) is 19.1 Å². The Morgan fingerprint density at radius 1 is 1.13 bits per heavy atom. The summed E-state index contributed by atoms with van der Waals surface area (Å²) in [5.74, 6) is -5.71. The van der Waals surface area contributed by atoms with E-state index in [1.807, 2.05) is 0 Å². The molecule has 0 atom stereocenters. The number of carbonyl (C=O) groups excluding carboxylic acids is 1. The monoisotopic (exact) mass is 416 g/mol. The molecule has 1 aliphatic rings. The van der Waals surface area contributed by atoms with Gasteiger partial charge in [-0.3, -0.25) is 4.79 Å². The average molecular weight is 416 g/mol. The lowest BCUT2D eigenvalue weighted by Crippen LogP contribution is -2.24. The first-order valence-corrected chi connectivity index (χ1v) is 9.14. The predicted octanol–water partition coefficient (Wildman–Crippen LogP) is 5.46. The van der Waals surface area contributed by atoms with Crippen molar-refractivity contribution in [2.45, 2.75) is 19.3 Å². The van der Waals surface area contributed by atoms with Crippen molar-refractivity contribution in [3.05, 3.63) is 77.0 Å². The van der Waals surface area contributed by atoms with E-state index in [-0.39, 0.29) is 23.7 Å². The average Bonchev–Trinajstić information content (AvgIpc) is 2.68. The SMILES string of the molecule is Cc1cc2c(cc1-c1ccc(NC(=O)c3c(F)cccc3F)nc1)C(F)(F)CCO2. The van der Waals surface area contributed by atoms with Gasteiger partial charge < -0.3 is 10.1 Å². The number of alkyl halides is 2. The summed E-state index contributed by atoms with van der Waals surface area (Å²) < 4.78 is 61.3. The van der Waals surface area contributed by atoms with Gasteiger partial charge >= 0.3 is 0 Å². The number of halogens is 4. The third-order valence-electron chi connectivity index (χ3n) is 4.90. The van der Waals surface area contributed by atoms with Crippen LogP contribution in [0.15, 0.2) is 48.7 Å². The summed E-state index contributed by atoms with van der Waals surface area (Å²) in [6, 6.07) is 9.07. The molecule has 2 heterocycles. The summed E-state index contributed by atoms with van der Waals surface area (Å²) in [4.78, 5) is 16.2. The molecule has 0 saturated heterocycles. The van der Waals surface area contributed by atoms with Gasteiger partial charge in [-0.05, 0) is 54.4 Å². The second-order valence-electron chi connectivity index (χ2n) is 6.95. The fourth-order valence-electron chi connectivity index (χ4n) is 3.34. The molecule has 0 bridgehead atoms. The van der Waals surface area contributed by atoms with Gasteiger partial charge in [-0.2, -0.15) is 0 Å². The van der Waals surface area contributed by atoms with E-state index in [9.17, 15) is 22.4 Å². The van der Waals surface area contributed by atoms with Crippen LogP contribution in [0.1, 0.15) is 27.9 Å². The largest absolute Gasteiger partial charge is 0.493 e. The third kappa shape index (κ3) is 3.60. The number of carbonyl (C=O) groups is 1. The first kappa shape index (κ1) is 19.9.